The number of rotatable bonds is 4. The van der Waals surface area contributed by atoms with Crippen LogP contribution in [0.2, 0.25) is 0 Å². The van der Waals surface area contributed by atoms with E-state index in [-0.39, 0.29) is 12.5 Å². The maximum absolute atomic E-state index is 12.1. The topological polar surface area (TPSA) is 60.8 Å². The number of hydrogen-bond donors (Lipinski definition) is 0. The van der Waals surface area contributed by atoms with Crippen molar-refractivity contribution in [1.29, 1.82) is 0 Å². The number of carbonyl (C=O) groups excluding carboxylic acids is 2. The van der Waals surface area contributed by atoms with Crippen LogP contribution in [-0.4, -0.2) is 54.3 Å². The molecule has 0 spiro atoms. The lowest BCUT2D eigenvalue weighted by Gasteiger charge is -2.27. The summed E-state index contributed by atoms with van der Waals surface area (Å²) in [5, 5.41) is 0. The van der Waals surface area contributed by atoms with Gasteiger partial charge in [-0.05, 0) is 19.1 Å². The summed E-state index contributed by atoms with van der Waals surface area (Å²) in [6.07, 6.45) is 1.71. The molecule has 0 aliphatic carbocycles. The van der Waals surface area contributed by atoms with Crippen molar-refractivity contribution in [1.82, 2.24) is 9.47 Å². The Morgan fingerprint density at radius 2 is 2.11 bits per heavy atom. The van der Waals surface area contributed by atoms with Gasteiger partial charge in [0, 0.05) is 19.3 Å². The summed E-state index contributed by atoms with van der Waals surface area (Å²) in [4.78, 5) is 25.5. The molecular weight excluding hydrogens is 248 g/mol. The molecule has 1 fully saturated rings. The fourth-order valence-electron chi connectivity index (χ4n) is 2.00. The number of amides is 1. The van der Waals surface area contributed by atoms with Crippen LogP contribution in [0.4, 0.5) is 0 Å². The predicted octanol–water partition coefficient (Wildman–Crippen LogP) is 0.524. The first kappa shape index (κ1) is 13.6. The van der Waals surface area contributed by atoms with E-state index in [2.05, 4.69) is 0 Å². The van der Waals surface area contributed by atoms with Crippen LogP contribution >= 0.6 is 0 Å². The highest BCUT2D eigenvalue weighted by atomic mass is 16.5. The monoisotopic (exact) mass is 266 g/mol. The summed E-state index contributed by atoms with van der Waals surface area (Å²) in [5.74, 6) is -0.410. The first-order valence-electron chi connectivity index (χ1n) is 6.40. The van der Waals surface area contributed by atoms with Gasteiger partial charge >= 0.3 is 5.97 Å². The second kappa shape index (κ2) is 6.38. The molecule has 1 aromatic rings. The predicted molar refractivity (Wildman–Crippen MR) is 67.8 cm³/mol. The van der Waals surface area contributed by atoms with Gasteiger partial charge in [-0.3, -0.25) is 4.79 Å². The Kier molecular flexibility index (Phi) is 4.57. The van der Waals surface area contributed by atoms with Gasteiger partial charge in [0.05, 0.1) is 19.8 Å². The van der Waals surface area contributed by atoms with E-state index in [1.807, 2.05) is 0 Å². The number of morpholine rings is 1. The van der Waals surface area contributed by atoms with Gasteiger partial charge in [-0.2, -0.15) is 0 Å². The van der Waals surface area contributed by atoms with Crippen LogP contribution < -0.4 is 0 Å². The second-order valence-electron chi connectivity index (χ2n) is 4.23. The minimum Gasteiger partial charge on any atom is -0.461 e. The maximum Gasteiger partial charge on any atom is 0.354 e. The molecular formula is C13H18N2O4. The summed E-state index contributed by atoms with van der Waals surface area (Å²) in [6.45, 7) is 4.58. The molecule has 0 radical (unpaired) electrons. The summed E-state index contributed by atoms with van der Waals surface area (Å²) in [5.41, 5.74) is 0.406. The SMILES string of the molecule is CCOC(=O)c1cccn1CC(=O)N1CCOCC1. The third-order valence-corrected chi connectivity index (χ3v) is 2.98. The van der Waals surface area contributed by atoms with E-state index < -0.39 is 5.97 Å². The molecule has 0 atom stereocenters. The fraction of sp³-hybridized carbons (Fsp3) is 0.538. The van der Waals surface area contributed by atoms with Crippen molar-refractivity contribution in [3.8, 4) is 0 Å². The van der Waals surface area contributed by atoms with Crippen LogP contribution in [0.15, 0.2) is 18.3 Å². The van der Waals surface area contributed by atoms with Gasteiger partial charge in [0.1, 0.15) is 12.2 Å². The van der Waals surface area contributed by atoms with E-state index in [1.54, 1.807) is 34.7 Å². The Bertz CT molecular complexity index is 449. The standard InChI is InChI=1S/C13H18N2O4/c1-2-19-13(17)11-4-3-5-15(11)10-12(16)14-6-8-18-9-7-14/h3-5H,2,6-10H2,1H3. The van der Waals surface area contributed by atoms with E-state index in [9.17, 15) is 9.59 Å². The van der Waals surface area contributed by atoms with Crippen LogP contribution in [0.5, 0.6) is 0 Å². The molecule has 2 rings (SSSR count). The number of hydrogen-bond acceptors (Lipinski definition) is 4. The van der Waals surface area contributed by atoms with Crippen molar-refractivity contribution in [2.75, 3.05) is 32.9 Å². The van der Waals surface area contributed by atoms with E-state index in [0.717, 1.165) is 0 Å². The molecule has 104 valence electrons. The zero-order chi connectivity index (χ0) is 13.7. The highest BCUT2D eigenvalue weighted by molar-refractivity contribution is 5.88. The van der Waals surface area contributed by atoms with Gasteiger partial charge in [0.2, 0.25) is 5.91 Å². The molecule has 0 bridgehead atoms. The lowest BCUT2D eigenvalue weighted by Crippen LogP contribution is -2.42. The summed E-state index contributed by atoms with van der Waals surface area (Å²) in [6, 6.07) is 3.39. The van der Waals surface area contributed by atoms with Crippen molar-refractivity contribution in [2.24, 2.45) is 0 Å². The Hall–Kier alpha value is -1.82. The Labute approximate surface area is 111 Å². The van der Waals surface area contributed by atoms with Crippen LogP contribution in [0, 0.1) is 0 Å². The van der Waals surface area contributed by atoms with Gasteiger partial charge < -0.3 is 18.9 Å². The van der Waals surface area contributed by atoms with E-state index in [4.69, 9.17) is 9.47 Å². The quantitative estimate of drug-likeness (QED) is 0.746. The average Bonchev–Trinajstić information content (AvgIpc) is 2.88. The van der Waals surface area contributed by atoms with Gasteiger partial charge in [-0.15, -0.1) is 0 Å². The van der Waals surface area contributed by atoms with Crippen LogP contribution in [0.25, 0.3) is 0 Å². The molecule has 2 heterocycles. The number of aromatic nitrogens is 1. The molecule has 1 saturated heterocycles. The maximum atomic E-state index is 12.1. The summed E-state index contributed by atoms with van der Waals surface area (Å²) in [7, 11) is 0. The fourth-order valence-corrected chi connectivity index (χ4v) is 2.00. The van der Waals surface area contributed by atoms with Crippen molar-refractivity contribution in [3.63, 3.8) is 0 Å². The zero-order valence-electron chi connectivity index (χ0n) is 11.0. The smallest absolute Gasteiger partial charge is 0.354 e. The molecule has 1 aromatic heterocycles. The molecule has 6 heteroatoms. The number of nitrogens with zero attached hydrogens (tertiary/aromatic N) is 2. The highest BCUT2D eigenvalue weighted by Crippen LogP contribution is 2.07. The van der Waals surface area contributed by atoms with Crippen molar-refractivity contribution in [3.05, 3.63) is 24.0 Å². The third kappa shape index (κ3) is 3.35. The normalized spacial score (nSPS) is 15.3. The van der Waals surface area contributed by atoms with Gasteiger partial charge in [0.25, 0.3) is 0 Å². The van der Waals surface area contributed by atoms with Crippen LogP contribution in [0.3, 0.4) is 0 Å². The van der Waals surface area contributed by atoms with Crippen molar-refractivity contribution < 1.29 is 19.1 Å². The number of esters is 1. The van der Waals surface area contributed by atoms with Crippen LogP contribution in [0.1, 0.15) is 17.4 Å². The molecule has 1 aliphatic rings. The van der Waals surface area contributed by atoms with E-state index in [0.29, 0.717) is 38.6 Å². The Balaban J connectivity index is 2.00. The molecule has 0 N–H and O–H groups in total. The van der Waals surface area contributed by atoms with E-state index >= 15 is 0 Å². The summed E-state index contributed by atoms with van der Waals surface area (Å²) < 4.78 is 11.8. The first-order valence-corrected chi connectivity index (χ1v) is 6.40. The molecule has 6 nitrogen and oxygen atoms in total. The minimum atomic E-state index is -0.401. The zero-order valence-corrected chi connectivity index (χ0v) is 11.0. The third-order valence-electron chi connectivity index (χ3n) is 2.98. The Morgan fingerprint density at radius 1 is 1.37 bits per heavy atom. The molecule has 1 amide bonds. The second-order valence-corrected chi connectivity index (χ2v) is 4.23. The minimum absolute atomic E-state index is 0.00921. The van der Waals surface area contributed by atoms with Gasteiger partial charge in [0.15, 0.2) is 0 Å². The van der Waals surface area contributed by atoms with E-state index in [1.165, 1.54) is 0 Å². The van der Waals surface area contributed by atoms with Gasteiger partial charge in [-0.1, -0.05) is 0 Å². The Morgan fingerprint density at radius 3 is 2.79 bits per heavy atom. The van der Waals surface area contributed by atoms with Gasteiger partial charge in [-0.25, -0.2) is 4.79 Å². The average molecular weight is 266 g/mol. The van der Waals surface area contributed by atoms with Crippen molar-refractivity contribution in [2.45, 2.75) is 13.5 Å². The molecule has 1 aliphatic heterocycles. The largest absolute Gasteiger partial charge is 0.461 e. The molecule has 0 unspecified atom stereocenters. The summed E-state index contributed by atoms with van der Waals surface area (Å²) >= 11 is 0. The molecule has 0 aromatic carbocycles. The molecule has 19 heavy (non-hydrogen) atoms. The lowest BCUT2D eigenvalue weighted by molar-refractivity contribution is -0.135. The van der Waals surface area contributed by atoms with Crippen LogP contribution in [-0.2, 0) is 20.8 Å². The highest BCUT2D eigenvalue weighted by Gasteiger charge is 2.19. The van der Waals surface area contributed by atoms with Crippen molar-refractivity contribution >= 4 is 11.9 Å². The lowest BCUT2D eigenvalue weighted by atomic mass is 10.3. The molecule has 0 saturated carbocycles. The number of carbonyl (C=O) groups is 2. The first-order chi connectivity index (χ1) is 9.22. The number of ether oxygens (including phenoxy) is 2.